The lowest BCUT2D eigenvalue weighted by molar-refractivity contribution is -0.129. The molecule has 0 aliphatic carbocycles. The molecule has 1 saturated heterocycles. The Hall–Kier alpha value is -3.88. The van der Waals surface area contributed by atoms with Crippen molar-refractivity contribution in [3.63, 3.8) is 0 Å². The van der Waals surface area contributed by atoms with Gasteiger partial charge in [0.15, 0.2) is 0 Å². The van der Waals surface area contributed by atoms with E-state index in [0.717, 1.165) is 4.90 Å². The van der Waals surface area contributed by atoms with E-state index < -0.39 is 17.8 Å². The number of urea groups is 1. The maximum atomic E-state index is 12.3. The standard InChI is InChI=1S/C20H20N4O5/c1-23-12-18(26)24(20(23)28)11-17(25)21-14-5-3-13(4-6-14)19(27)22-15-7-9-16(29-2)10-8-15/h3-10H,11-12H2,1-2H3,(H,21,25)(H,22,27). The maximum absolute atomic E-state index is 12.3. The second-order valence-corrected chi connectivity index (χ2v) is 6.43. The summed E-state index contributed by atoms with van der Waals surface area (Å²) in [6.07, 6.45) is 0. The molecule has 9 heteroatoms. The molecule has 3 rings (SSSR count). The van der Waals surface area contributed by atoms with Crippen molar-refractivity contribution in [1.82, 2.24) is 9.80 Å². The molecule has 2 aromatic rings. The van der Waals surface area contributed by atoms with Crippen molar-refractivity contribution in [3.05, 3.63) is 54.1 Å². The Morgan fingerprint density at radius 1 is 0.966 bits per heavy atom. The second-order valence-electron chi connectivity index (χ2n) is 6.43. The quantitative estimate of drug-likeness (QED) is 0.724. The lowest BCUT2D eigenvalue weighted by Crippen LogP contribution is -2.38. The molecule has 0 spiro atoms. The second kappa shape index (κ2) is 8.42. The smallest absolute Gasteiger partial charge is 0.327 e. The van der Waals surface area contributed by atoms with Gasteiger partial charge in [-0.05, 0) is 48.5 Å². The molecule has 5 amide bonds. The molecule has 1 aliphatic rings. The largest absolute Gasteiger partial charge is 0.497 e. The predicted molar refractivity (Wildman–Crippen MR) is 106 cm³/mol. The number of likely N-dealkylation sites (N-methyl/N-ethyl adjacent to an activating group) is 1. The Bertz CT molecular complexity index is 940. The van der Waals surface area contributed by atoms with Crippen molar-refractivity contribution in [1.29, 1.82) is 0 Å². The van der Waals surface area contributed by atoms with Gasteiger partial charge < -0.3 is 20.3 Å². The third kappa shape index (κ3) is 4.70. The fourth-order valence-electron chi connectivity index (χ4n) is 2.75. The number of imide groups is 1. The first-order chi connectivity index (χ1) is 13.9. The number of nitrogens with one attached hydrogen (secondary N) is 2. The molecule has 1 heterocycles. The minimum Gasteiger partial charge on any atom is -0.497 e. The first kappa shape index (κ1) is 19.9. The van der Waals surface area contributed by atoms with Crippen LogP contribution in [0.4, 0.5) is 16.2 Å². The van der Waals surface area contributed by atoms with Gasteiger partial charge in [0.2, 0.25) is 5.91 Å². The van der Waals surface area contributed by atoms with Crippen molar-refractivity contribution in [3.8, 4) is 5.75 Å². The van der Waals surface area contributed by atoms with E-state index in [0.29, 0.717) is 22.7 Å². The highest BCUT2D eigenvalue weighted by molar-refractivity contribution is 6.07. The van der Waals surface area contributed by atoms with Gasteiger partial charge >= 0.3 is 6.03 Å². The molecule has 0 aromatic heterocycles. The van der Waals surface area contributed by atoms with Gasteiger partial charge in [0.1, 0.15) is 18.8 Å². The molecule has 0 radical (unpaired) electrons. The normalized spacial score (nSPS) is 13.4. The molecule has 150 valence electrons. The van der Waals surface area contributed by atoms with Crippen LogP contribution in [0.25, 0.3) is 0 Å². The van der Waals surface area contributed by atoms with E-state index in [4.69, 9.17) is 4.74 Å². The number of methoxy groups -OCH3 is 1. The van der Waals surface area contributed by atoms with E-state index in [1.807, 2.05) is 0 Å². The van der Waals surface area contributed by atoms with Gasteiger partial charge in [-0.2, -0.15) is 0 Å². The number of carbonyl (C=O) groups is 4. The number of rotatable bonds is 6. The topological polar surface area (TPSA) is 108 Å². The van der Waals surface area contributed by atoms with Crippen LogP contribution in [0.1, 0.15) is 10.4 Å². The summed E-state index contributed by atoms with van der Waals surface area (Å²) in [6.45, 7) is -0.397. The Labute approximate surface area is 167 Å². The number of hydrogen-bond acceptors (Lipinski definition) is 5. The number of hydrogen-bond donors (Lipinski definition) is 2. The third-order valence-electron chi connectivity index (χ3n) is 4.31. The van der Waals surface area contributed by atoms with Crippen LogP contribution in [0.3, 0.4) is 0 Å². The molecule has 0 saturated carbocycles. The predicted octanol–water partition coefficient (Wildman–Crippen LogP) is 1.78. The first-order valence-electron chi connectivity index (χ1n) is 8.78. The molecule has 0 unspecified atom stereocenters. The van der Waals surface area contributed by atoms with Crippen LogP contribution in [0.15, 0.2) is 48.5 Å². The summed E-state index contributed by atoms with van der Waals surface area (Å²) in [4.78, 5) is 50.1. The fraction of sp³-hybridized carbons (Fsp3) is 0.200. The van der Waals surface area contributed by atoms with Crippen molar-refractivity contribution in [2.24, 2.45) is 0 Å². The van der Waals surface area contributed by atoms with Gasteiger partial charge in [0.05, 0.1) is 7.11 Å². The number of benzene rings is 2. The summed E-state index contributed by atoms with van der Waals surface area (Å²) in [7, 11) is 3.06. The number of ether oxygens (including phenoxy) is 1. The Morgan fingerprint density at radius 3 is 2.10 bits per heavy atom. The van der Waals surface area contributed by atoms with Crippen LogP contribution < -0.4 is 15.4 Å². The van der Waals surface area contributed by atoms with Gasteiger partial charge in [0.25, 0.3) is 11.8 Å². The van der Waals surface area contributed by atoms with E-state index in [1.165, 1.54) is 11.9 Å². The van der Waals surface area contributed by atoms with Crippen molar-refractivity contribution in [2.45, 2.75) is 0 Å². The van der Waals surface area contributed by atoms with Crippen molar-refractivity contribution < 1.29 is 23.9 Å². The highest BCUT2D eigenvalue weighted by Crippen LogP contribution is 2.17. The lowest BCUT2D eigenvalue weighted by Gasteiger charge is -2.14. The molecule has 0 bridgehead atoms. The van der Waals surface area contributed by atoms with Crippen LogP contribution >= 0.6 is 0 Å². The molecular weight excluding hydrogens is 376 g/mol. The van der Waals surface area contributed by atoms with E-state index in [9.17, 15) is 19.2 Å². The van der Waals surface area contributed by atoms with Gasteiger partial charge in [0, 0.05) is 24.0 Å². The number of amides is 5. The van der Waals surface area contributed by atoms with Crippen LogP contribution in [-0.2, 0) is 9.59 Å². The highest BCUT2D eigenvalue weighted by Gasteiger charge is 2.34. The first-order valence-corrected chi connectivity index (χ1v) is 8.78. The van der Waals surface area contributed by atoms with Gasteiger partial charge in [-0.15, -0.1) is 0 Å². The monoisotopic (exact) mass is 396 g/mol. The van der Waals surface area contributed by atoms with Gasteiger partial charge in [-0.3, -0.25) is 19.3 Å². The maximum Gasteiger partial charge on any atom is 0.327 e. The van der Waals surface area contributed by atoms with Crippen LogP contribution in [0.2, 0.25) is 0 Å². The minimum absolute atomic E-state index is 0.0376. The number of anilines is 2. The average Bonchev–Trinajstić information content (AvgIpc) is 2.95. The lowest BCUT2D eigenvalue weighted by atomic mass is 10.2. The summed E-state index contributed by atoms with van der Waals surface area (Å²) in [5, 5.41) is 5.37. The molecule has 1 fully saturated rings. The molecule has 29 heavy (non-hydrogen) atoms. The zero-order valence-corrected chi connectivity index (χ0v) is 16.0. The number of carbonyl (C=O) groups excluding carboxylic acids is 4. The zero-order valence-electron chi connectivity index (χ0n) is 16.0. The molecular formula is C20H20N4O5. The molecule has 0 atom stereocenters. The minimum atomic E-state index is -0.504. The summed E-state index contributed by atoms with van der Waals surface area (Å²) in [5.41, 5.74) is 1.48. The Balaban J connectivity index is 1.56. The van der Waals surface area contributed by atoms with Crippen molar-refractivity contribution in [2.75, 3.05) is 37.9 Å². The molecule has 1 aliphatic heterocycles. The van der Waals surface area contributed by atoms with Gasteiger partial charge in [-0.1, -0.05) is 0 Å². The Kier molecular flexibility index (Phi) is 5.77. The summed E-state index contributed by atoms with van der Waals surface area (Å²) in [6, 6.07) is 12.7. The van der Waals surface area contributed by atoms with E-state index in [-0.39, 0.29) is 19.0 Å². The molecule has 2 aromatic carbocycles. The van der Waals surface area contributed by atoms with Crippen LogP contribution in [0, 0.1) is 0 Å². The van der Waals surface area contributed by atoms with Crippen molar-refractivity contribution >= 4 is 35.1 Å². The molecule has 2 N–H and O–H groups in total. The van der Waals surface area contributed by atoms with E-state index in [1.54, 1.807) is 55.6 Å². The third-order valence-corrected chi connectivity index (χ3v) is 4.31. The Morgan fingerprint density at radius 2 is 1.55 bits per heavy atom. The number of nitrogens with zero attached hydrogens (tertiary/aromatic N) is 2. The highest BCUT2D eigenvalue weighted by atomic mass is 16.5. The van der Waals surface area contributed by atoms with Crippen LogP contribution in [-0.4, -0.2) is 60.8 Å². The zero-order chi connectivity index (χ0) is 21.0. The summed E-state index contributed by atoms with van der Waals surface area (Å²) in [5.74, 6) is -0.535. The average molecular weight is 396 g/mol. The van der Waals surface area contributed by atoms with Gasteiger partial charge in [-0.25, -0.2) is 4.79 Å². The molecule has 9 nitrogen and oxygen atoms in total. The fourth-order valence-corrected chi connectivity index (χ4v) is 2.75. The van der Waals surface area contributed by atoms with E-state index in [2.05, 4.69) is 10.6 Å². The van der Waals surface area contributed by atoms with Crippen LogP contribution in [0.5, 0.6) is 5.75 Å². The summed E-state index contributed by atoms with van der Waals surface area (Å²) < 4.78 is 5.07. The SMILES string of the molecule is COc1ccc(NC(=O)c2ccc(NC(=O)CN3C(=O)CN(C)C3=O)cc2)cc1. The summed E-state index contributed by atoms with van der Waals surface area (Å²) >= 11 is 0. The van der Waals surface area contributed by atoms with E-state index >= 15 is 0 Å².